The molecule has 0 aliphatic rings. The van der Waals surface area contributed by atoms with E-state index in [0.717, 1.165) is 11.3 Å². The Morgan fingerprint density at radius 3 is 2.76 bits per heavy atom. The van der Waals surface area contributed by atoms with Crippen molar-refractivity contribution in [2.45, 2.75) is 13.0 Å². The van der Waals surface area contributed by atoms with Crippen LogP contribution in [-0.2, 0) is 0 Å². The number of hydrogen-bond donors (Lipinski definition) is 3. The standard InChI is InChI=1S/C14H13FN2O3S/c1-8(9-3-2-4-10(15)7-9)16-14(20)17-12-11(13(18)19)5-6-21-12/h2-8H,1H3,(H,18,19)(H2,16,17,20). The third-order valence-electron chi connectivity index (χ3n) is 2.82. The van der Waals surface area contributed by atoms with E-state index in [2.05, 4.69) is 10.6 Å². The summed E-state index contributed by atoms with van der Waals surface area (Å²) in [5.41, 5.74) is 0.656. The van der Waals surface area contributed by atoms with Crippen molar-refractivity contribution in [2.24, 2.45) is 0 Å². The minimum absolute atomic E-state index is 0.0357. The molecule has 1 aromatic carbocycles. The Hall–Kier alpha value is -2.41. The predicted octanol–water partition coefficient (Wildman–Crippen LogP) is 3.47. The van der Waals surface area contributed by atoms with Crippen molar-refractivity contribution >= 4 is 28.3 Å². The molecule has 1 aromatic heterocycles. The molecule has 3 N–H and O–H groups in total. The maximum absolute atomic E-state index is 13.1. The number of urea groups is 1. The first-order valence-corrected chi connectivity index (χ1v) is 6.99. The quantitative estimate of drug-likeness (QED) is 0.809. The van der Waals surface area contributed by atoms with Crippen molar-refractivity contribution < 1.29 is 19.1 Å². The van der Waals surface area contributed by atoms with Gasteiger partial charge in [0.15, 0.2) is 0 Å². The van der Waals surface area contributed by atoms with E-state index in [1.54, 1.807) is 24.4 Å². The van der Waals surface area contributed by atoms with Crippen molar-refractivity contribution in [3.8, 4) is 0 Å². The van der Waals surface area contributed by atoms with Crippen LogP contribution in [0.2, 0.25) is 0 Å². The molecular weight excluding hydrogens is 295 g/mol. The molecule has 1 unspecified atom stereocenters. The van der Waals surface area contributed by atoms with Crippen molar-refractivity contribution in [3.63, 3.8) is 0 Å². The summed E-state index contributed by atoms with van der Waals surface area (Å²) in [5, 5.41) is 15.9. The number of anilines is 1. The molecule has 5 nitrogen and oxygen atoms in total. The van der Waals surface area contributed by atoms with Crippen molar-refractivity contribution in [1.82, 2.24) is 5.32 Å². The second kappa shape index (κ2) is 6.36. The molecule has 2 rings (SSSR count). The van der Waals surface area contributed by atoms with Crippen LogP contribution in [0, 0.1) is 5.82 Å². The monoisotopic (exact) mass is 308 g/mol. The van der Waals surface area contributed by atoms with Crippen LogP contribution in [0.4, 0.5) is 14.2 Å². The van der Waals surface area contributed by atoms with Crippen LogP contribution in [0.1, 0.15) is 28.9 Å². The second-order valence-electron chi connectivity index (χ2n) is 4.34. The van der Waals surface area contributed by atoms with E-state index >= 15 is 0 Å². The number of amides is 2. The normalized spacial score (nSPS) is 11.7. The Balaban J connectivity index is 2.01. The molecule has 21 heavy (non-hydrogen) atoms. The Morgan fingerprint density at radius 2 is 2.10 bits per heavy atom. The number of rotatable bonds is 4. The summed E-state index contributed by atoms with van der Waals surface area (Å²) in [6.07, 6.45) is 0. The molecule has 0 aliphatic carbocycles. The van der Waals surface area contributed by atoms with Gasteiger partial charge in [0.25, 0.3) is 0 Å². The van der Waals surface area contributed by atoms with Gasteiger partial charge < -0.3 is 10.4 Å². The van der Waals surface area contributed by atoms with E-state index in [4.69, 9.17) is 5.11 Å². The highest BCUT2D eigenvalue weighted by atomic mass is 32.1. The topological polar surface area (TPSA) is 78.4 Å². The number of thiophene rings is 1. The van der Waals surface area contributed by atoms with Crippen LogP contribution < -0.4 is 10.6 Å². The average Bonchev–Trinajstić information content (AvgIpc) is 2.86. The zero-order valence-electron chi connectivity index (χ0n) is 11.1. The van der Waals surface area contributed by atoms with Gasteiger partial charge in [-0.3, -0.25) is 5.32 Å². The Bertz CT molecular complexity index is 672. The van der Waals surface area contributed by atoms with Crippen molar-refractivity contribution in [2.75, 3.05) is 5.32 Å². The number of carbonyl (C=O) groups is 2. The molecule has 0 radical (unpaired) electrons. The van der Waals surface area contributed by atoms with Gasteiger partial charge in [-0.2, -0.15) is 0 Å². The van der Waals surface area contributed by atoms with E-state index < -0.39 is 18.0 Å². The predicted molar refractivity (Wildman–Crippen MR) is 78.2 cm³/mol. The maximum atomic E-state index is 13.1. The molecule has 110 valence electrons. The highest BCUT2D eigenvalue weighted by Crippen LogP contribution is 2.23. The van der Waals surface area contributed by atoms with Gasteiger partial charge in [-0.05, 0) is 36.1 Å². The molecule has 2 amide bonds. The van der Waals surface area contributed by atoms with Crippen LogP contribution in [0.5, 0.6) is 0 Å². The summed E-state index contributed by atoms with van der Waals surface area (Å²) in [4.78, 5) is 22.8. The zero-order chi connectivity index (χ0) is 15.4. The summed E-state index contributed by atoms with van der Waals surface area (Å²) in [6, 6.07) is 6.37. The molecule has 0 saturated carbocycles. The molecule has 0 aliphatic heterocycles. The van der Waals surface area contributed by atoms with Crippen LogP contribution in [0.3, 0.4) is 0 Å². The Morgan fingerprint density at radius 1 is 1.33 bits per heavy atom. The fraction of sp³-hybridized carbons (Fsp3) is 0.143. The van der Waals surface area contributed by atoms with Gasteiger partial charge in [-0.15, -0.1) is 11.3 Å². The number of halogens is 1. The number of nitrogens with one attached hydrogen (secondary N) is 2. The molecule has 0 saturated heterocycles. The van der Waals surface area contributed by atoms with Crippen molar-refractivity contribution in [3.05, 3.63) is 52.7 Å². The average molecular weight is 308 g/mol. The molecule has 2 aromatic rings. The summed E-state index contributed by atoms with van der Waals surface area (Å²) >= 11 is 1.12. The highest BCUT2D eigenvalue weighted by molar-refractivity contribution is 7.14. The Labute approximate surface area is 124 Å². The second-order valence-corrected chi connectivity index (χ2v) is 5.26. The van der Waals surface area contributed by atoms with E-state index in [0.29, 0.717) is 5.56 Å². The van der Waals surface area contributed by atoms with E-state index in [9.17, 15) is 14.0 Å². The van der Waals surface area contributed by atoms with Crippen LogP contribution in [0.25, 0.3) is 0 Å². The van der Waals surface area contributed by atoms with Gasteiger partial charge in [-0.1, -0.05) is 12.1 Å². The zero-order valence-corrected chi connectivity index (χ0v) is 11.9. The van der Waals surface area contributed by atoms with Crippen LogP contribution in [0.15, 0.2) is 35.7 Å². The number of carbonyl (C=O) groups excluding carboxylic acids is 1. The van der Waals surface area contributed by atoms with Gasteiger partial charge in [0.1, 0.15) is 10.8 Å². The number of aromatic carboxylic acids is 1. The first-order valence-electron chi connectivity index (χ1n) is 6.11. The van der Waals surface area contributed by atoms with Crippen molar-refractivity contribution in [1.29, 1.82) is 0 Å². The molecule has 0 bridgehead atoms. The molecular formula is C14H13FN2O3S. The molecule has 0 spiro atoms. The van der Waals surface area contributed by atoms with Gasteiger partial charge in [0.2, 0.25) is 0 Å². The fourth-order valence-corrected chi connectivity index (χ4v) is 2.54. The molecule has 1 heterocycles. The highest BCUT2D eigenvalue weighted by Gasteiger charge is 2.15. The summed E-state index contributed by atoms with van der Waals surface area (Å²) in [7, 11) is 0. The largest absolute Gasteiger partial charge is 0.478 e. The number of carboxylic acids is 1. The minimum Gasteiger partial charge on any atom is -0.478 e. The van der Waals surface area contributed by atoms with Crippen LogP contribution in [-0.4, -0.2) is 17.1 Å². The van der Waals surface area contributed by atoms with Gasteiger partial charge >= 0.3 is 12.0 Å². The first-order chi connectivity index (χ1) is 9.97. The first kappa shape index (κ1) is 15.0. The van der Waals surface area contributed by atoms with E-state index in [-0.39, 0.29) is 16.4 Å². The number of hydrogen-bond acceptors (Lipinski definition) is 3. The van der Waals surface area contributed by atoms with Gasteiger partial charge in [0.05, 0.1) is 11.6 Å². The van der Waals surface area contributed by atoms with Gasteiger partial charge in [-0.25, -0.2) is 14.0 Å². The molecule has 7 heteroatoms. The third kappa shape index (κ3) is 3.79. The lowest BCUT2D eigenvalue weighted by atomic mass is 10.1. The fourth-order valence-electron chi connectivity index (χ4n) is 1.77. The van der Waals surface area contributed by atoms with Crippen LogP contribution >= 0.6 is 11.3 Å². The Kier molecular flexibility index (Phi) is 4.54. The molecule has 0 fully saturated rings. The van der Waals surface area contributed by atoms with Gasteiger partial charge in [0, 0.05) is 0 Å². The summed E-state index contributed by atoms with van der Waals surface area (Å²) in [6.45, 7) is 1.71. The lowest BCUT2D eigenvalue weighted by molar-refractivity contribution is 0.0698. The van der Waals surface area contributed by atoms with E-state index in [1.165, 1.54) is 18.2 Å². The minimum atomic E-state index is -1.11. The third-order valence-corrected chi connectivity index (χ3v) is 3.65. The maximum Gasteiger partial charge on any atom is 0.338 e. The lowest BCUT2D eigenvalue weighted by Crippen LogP contribution is -2.31. The number of benzene rings is 1. The SMILES string of the molecule is CC(NC(=O)Nc1sccc1C(=O)O)c1cccc(F)c1. The summed E-state index contributed by atoms with van der Waals surface area (Å²) in [5.74, 6) is -1.49. The lowest BCUT2D eigenvalue weighted by Gasteiger charge is -2.14. The summed E-state index contributed by atoms with van der Waals surface area (Å²) < 4.78 is 13.1. The van der Waals surface area contributed by atoms with E-state index in [1.807, 2.05) is 0 Å². The smallest absolute Gasteiger partial charge is 0.338 e. The number of carboxylic acid groups (broad SMARTS) is 1. The molecule has 1 atom stereocenters.